The number of carbonyl (C=O) groups is 6. The van der Waals surface area contributed by atoms with Gasteiger partial charge >= 0.3 is 35.8 Å². The molecule has 55 heavy (non-hydrogen) atoms. The summed E-state index contributed by atoms with van der Waals surface area (Å²) in [6.45, 7) is 1.38. The number of phenols is 3. The van der Waals surface area contributed by atoms with Gasteiger partial charge in [0.2, 0.25) is 0 Å². The van der Waals surface area contributed by atoms with Crippen molar-refractivity contribution in [3.8, 4) is 28.4 Å². The van der Waals surface area contributed by atoms with Crippen LogP contribution in [0.25, 0.3) is 11.1 Å². The number of hydrogen-bond donors (Lipinski definition) is 8. The van der Waals surface area contributed by atoms with Gasteiger partial charge in [-0.1, -0.05) is 30.3 Å². The Morgan fingerprint density at radius 3 is 0.945 bits per heavy atom. The number of carboxylic acids is 5. The molecule has 0 bridgehead atoms. The van der Waals surface area contributed by atoms with Crippen LogP contribution >= 0.6 is 0 Å². The summed E-state index contributed by atoms with van der Waals surface area (Å²) in [5.74, 6) is -5.10. The molecule has 0 radical (unpaired) electrons. The lowest BCUT2D eigenvalue weighted by Gasteiger charge is -2.01. The quantitative estimate of drug-likeness (QED) is 0.0648. The lowest BCUT2D eigenvalue weighted by Crippen LogP contribution is -2.01. The first-order valence-electron chi connectivity index (χ1n) is 15.3. The minimum Gasteiger partial charge on any atom is -0.508 e. The molecule has 16 heteroatoms. The first kappa shape index (κ1) is 45.3. The minimum atomic E-state index is -1.13. The second-order valence-corrected chi connectivity index (χ2v) is 10.4. The zero-order chi connectivity index (χ0) is 41.5. The predicted octanol–water partition coefficient (Wildman–Crippen LogP) is 6.17. The van der Waals surface area contributed by atoms with E-state index in [1.54, 1.807) is 24.3 Å². The molecule has 0 amide bonds. The van der Waals surface area contributed by atoms with Crippen LogP contribution in [0.5, 0.6) is 17.2 Å². The van der Waals surface area contributed by atoms with Gasteiger partial charge in [-0.25, -0.2) is 24.0 Å². The second kappa shape index (κ2) is 23.7. The summed E-state index contributed by atoms with van der Waals surface area (Å²) in [4.78, 5) is 61.6. The Bertz CT molecular complexity index is 1900. The maximum Gasteiger partial charge on any atom is 0.335 e. The Labute approximate surface area is 313 Å². The molecule has 5 rings (SSSR count). The van der Waals surface area contributed by atoms with Crippen LogP contribution in [0.4, 0.5) is 0 Å². The van der Waals surface area contributed by atoms with Crippen LogP contribution in [0.2, 0.25) is 0 Å². The van der Waals surface area contributed by atoms with E-state index in [0.29, 0.717) is 0 Å². The van der Waals surface area contributed by atoms with Crippen LogP contribution in [-0.2, 0) is 14.3 Å². The highest BCUT2D eigenvalue weighted by molar-refractivity contribution is 5.93. The molecule has 0 saturated heterocycles. The number of carboxylic acid groups (broad SMARTS) is 5. The number of carbonyl (C=O) groups excluding carboxylic acids is 1. The van der Waals surface area contributed by atoms with E-state index in [1.165, 1.54) is 80.8 Å². The normalized spacial score (nSPS) is 9.35. The van der Waals surface area contributed by atoms with Gasteiger partial charge in [-0.2, -0.15) is 0 Å². The summed E-state index contributed by atoms with van der Waals surface area (Å²) < 4.78 is 8.74. The number of esters is 1. The van der Waals surface area contributed by atoms with Crippen LogP contribution in [0.3, 0.4) is 0 Å². The molecular weight excluding hydrogens is 724 g/mol. The van der Waals surface area contributed by atoms with Crippen molar-refractivity contribution in [2.24, 2.45) is 0 Å². The third kappa shape index (κ3) is 18.4. The largest absolute Gasteiger partial charge is 0.508 e. The Hall–Kier alpha value is -7.72. The zero-order valence-corrected chi connectivity index (χ0v) is 29.1. The molecule has 0 spiro atoms. The summed E-state index contributed by atoms with van der Waals surface area (Å²) >= 11 is 0. The van der Waals surface area contributed by atoms with E-state index in [2.05, 4.69) is 9.47 Å². The van der Waals surface area contributed by atoms with Crippen LogP contribution in [-0.4, -0.2) is 90.6 Å². The summed E-state index contributed by atoms with van der Waals surface area (Å²) in [5, 5.41) is 69.3. The maximum atomic E-state index is 10.4. The van der Waals surface area contributed by atoms with Crippen molar-refractivity contribution < 1.29 is 79.1 Å². The number of benzene rings is 5. The number of methoxy groups -OCH3 is 1. The van der Waals surface area contributed by atoms with E-state index in [0.717, 1.165) is 17.2 Å². The zero-order valence-electron chi connectivity index (χ0n) is 29.1. The number of aromatic hydroxyl groups is 3. The van der Waals surface area contributed by atoms with Crippen LogP contribution in [0.15, 0.2) is 121 Å². The molecule has 0 heterocycles. The lowest BCUT2D eigenvalue weighted by molar-refractivity contribution is -0.151. The third-order valence-corrected chi connectivity index (χ3v) is 6.30. The van der Waals surface area contributed by atoms with Crippen molar-refractivity contribution >= 4 is 35.8 Å². The van der Waals surface area contributed by atoms with E-state index in [4.69, 9.17) is 40.9 Å². The highest BCUT2D eigenvalue weighted by Crippen LogP contribution is 2.23. The Morgan fingerprint density at radius 1 is 0.436 bits per heavy atom. The average Bonchev–Trinajstić information content (AvgIpc) is 3.16. The molecule has 16 nitrogen and oxygen atoms in total. The van der Waals surface area contributed by atoms with E-state index in [1.807, 2.05) is 24.3 Å². The first-order chi connectivity index (χ1) is 25.9. The molecule has 8 N–H and O–H groups in total. The Morgan fingerprint density at radius 2 is 0.709 bits per heavy atom. The van der Waals surface area contributed by atoms with Crippen molar-refractivity contribution in [1.29, 1.82) is 0 Å². The van der Waals surface area contributed by atoms with Crippen LogP contribution in [0, 0.1) is 0 Å². The Balaban J connectivity index is 0.000000350. The van der Waals surface area contributed by atoms with Crippen molar-refractivity contribution in [2.45, 2.75) is 6.92 Å². The molecule has 0 aliphatic heterocycles. The second-order valence-electron chi connectivity index (χ2n) is 10.4. The lowest BCUT2D eigenvalue weighted by atomic mass is 10.1. The third-order valence-electron chi connectivity index (χ3n) is 6.30. The fraction of sp³-hybridized carbons (Fsp3) is 0.0769. The average molecular weight is 761 g/mol. The van der Waals surface area contributed by atoms with Gasteiger partial charge < -0.3 is 50.3 Å². The first-order valence-corrected chi connectivity index (χ1v) is 15.3. The topological polar surface area (TPSA) is 283 Å². The van der Waals surface area contributed by atoms with Gasteiger partial charge in [-0.3, -0.25) is 4.79 Å². The van der Waals surface area contributed by atoms with E-state index >= 15 is 0 Å². The number of phenolic OH excluding ortho intramolecular Hbond substituents is 3. The van der Waals surface area contributed by atoms with Crippen LogP contribution in [0.1, 0.15) is 58.7 Å². The smallest absolute Gasteiger partial charge is 0.335 e. The van der Waals surface area contributed by atoms with E-state index in [-0.39, 0.29) is 57.8 Å². The monoisotopic (exact) mass is 760 g/mol. The number of aromatic carboxylic acids is 5. The van der Waals surface area contributed by atoms with Gasteiger partial charge in [0.05, 0.1) is 27.8 Å². The summed E-state index contributed by atoms with van der Waals surface area (Å²) in [7, 11) is 1.46. The number of hydrogen-bond acceptors (Lipinski definition) is 11. The Kier molecular flexibility index (Phi) is 19.5. The SMILES string of the molecule is COCOC(C)=O.O=C(O)c1ccc(C(=O)O)cc1.O=C(O)c1ccc(O)cc1.O=C(O)c1cccc(C(=O)O)c1.Oc1ccc(-c2ccc(O)cc2)cc1. The van der Waals surface area contributed by atoms with Crippen molar-refractivity contribution in [3.05, 3.63) is 149 Å². The maximum absolute atomic E-state index is 10.4. The van der Waals surface area contributed by atoms with Crippen LogP contribution < -0.4 is 0 Å². The summed E-state index contributed by atoms with van der Waals surface area (Å²) in [6, 6.07) is 29.5. The molecule has 0 aliphatic carbocycles. The molecule has 0 fully saturated rings. The molecular formula is C39H36O16. The van der Waals surface area contributed by atoms with Gasteiger partial charge in [0.25, 0.3) is 0 Å². The van der Waals surface area contributed by atoms with Crippen molar-refractivity contribution in [3.63, 3.8) is 0 Å². The summed E-state index contributed by atoms with van der Waals surface area (Å²) in [5.41, 5.74) is 2.34. The van der Waals surface area contributed by atoms with Gasteiger partial charge in [0.1, 0.15) is 17.2 Å². The molecule has 0 atom stereocenters. The van der Waals surface area contributed by atoms with Gasteiger partial charge in [-0.15, -0.1) is 0 Å². The fourth-order valence-electron chi connectivity index (χ4n) is 3.59. The summed E-state index contributed by atoms with van der Waals surface area (Å²) in [6.07, 6.45) is 0. The van der Waals surface area contributed by atoms with Crippen molar-refractivity contribution in [1.82, 2.24) is 0 Å². The molecule has 5 aromatic carbocycles. The molecule has 0 unspecified atom stereocenters. The van der Waals surface area contributed by atoms with E-state index < -0.39 is 29.8 Å². The van der Waals surface area contributed by atoms with Crippen molar-refractivity contribution in [2.75, 3.05) is 13.9 Å². The van der Waals surface area contributed by atoms with Gasteiger partial charge in [0, 0.05) is 14.0 Å². The predicted molar refractivity (Wildman–Crippen MR) is 195 cm³/mol. The molecule has 5 aromatic rings. The minimum absolute atomic E-state index is 0.0186. The molecule has 0 aliphatic rings. The van der Waals surface area contributed by atoms with Gasteiger partial charge in [-0.05, 0) is 102 Å². The fourth-order valence-corrected chi connectivity index (χ4v) is 3.59. The highest BCUT2D eigenvalue weighted by Gasteiger charge is 2.07. The van der Waals surface area contributed by atoms with E-state index in [9.17, 15) is 28.8 Å². The molecule has 288 valence electrons. The number of rotatable bonds is 8. The van der Waals surface area contributed by atoms with Gasteiger partial charge in [0.15, 0.2) is 6.79 Å². The standard InChI is InChI=1S/C12H10O2.2C8H6O4.C7H6O3.C4H8O3/c13-11-5-1-9(2-6-11)10-3-7-12(14)8-4-10;9-7(10)5-1-2-6(4-3-5)8(11)12;9-7(10)5-2-1-3-6(4-5)8(11)12;8-6-3-1-5(2-4-6)7(9)10;1-4(5)7-3-6-2/h1-8,13-14H;2*1-4H,(H,9,10)(H,11,12);1-4,8H,(H,9,10);3H2,1-2H3. The molecule has 0 aromatic heterocycles. The molecule has 0 saturated carbocycles. The number of ether oxygens (including phenoxy) is 2. The highest BCUT2D eigenvalue weighted by atomic mass is 16.7.